The highest BCUT2D eigenvalue weighted by Gasteiger charge is 2.51. The van der Waals surface area contributed by atoms with Crippen molar-refractivity contribution in [1.82, 2.24) is 10.2 Å². The van der Waals surface area contributed by atoms with E-state index in [0.29, 0.717) is 13.1 Å². The van der Waals surface area contributed by atoms with Gasteiger partial charge in [-0.2, -0.15) is 8.78 Å². The molecule has 15 heavy (non-hydrogen) atoms. The monoisotopic (exact) mass is 250 g/mol. The first-order valence-corrected chi connectivity index (χ1v) is 4.12. The summed E-state index contributed by atoms with van der Waals surface area (Å²) in [5, 5.41) is 2.82. The van der Waals surface area contributed by atoms with Gasteiger partial charge in [-0.1, -0.05) is 0 Å². The molecule has 1 aliphatic heterocycles. The van der Waals surface area contributed by atoms with Gasteiger partial charge in [0.05, 0.1) is 0 Å². The van der Waals surface area contributed by atoms with Crippen molar-refractivity contribution < 1.29 is 22.4 Å². The number of nitrogens with zero attached hydrogens (tertiary/aromatic N) is 1. The molecule has 0 atom stereocenters. The van der Waals surface area contributed by atoms with Crippen LogP contribution in [0.15, 0.2) is 0 Å². The number of carbonyl (C=O) groups excluding carboxylic acids is 1. The van der Waals surface area contributed by atoms with E-state index in [-0.39, 0.29) is 25.5 Å². The second-order valence-electron chi connectivity index (χ2n) is 2.97. The molecule has 1 fully saturated rings. The smallest absolute Gasteiger partial charge is 0.335 e. The molecule has 1 saturated heterocycles. The van der Waals surface area contributed by atoms with E-state index in [0.717, 1.165) is 4.90 Å². The first-order valence-electron chi connectivity index (χ1n) is 4.12. The Kier molecular flexibility index (Phi) is 5.30. The summed E-state index contributed by atoms with van der Waals surface area (Å²) < 4.78 is 48.7. The maximum absolute atomic E-state index is 12.6. The Morgan fingerprint density at radius 2 is 1.73 bits per heavy atom. The van der Waals surface area contributed by atoms with Crippen LogP contribution in [0.2, 0.25) is 0 Å². The van der Waals surface area contributed by atoms with Gasteiger partial charge in [-0.25, -0.2) is 8.78 Å². The maximum Gasteiger partial charge on any atom is 0.383 e. The summed E-state index contributed by atoms with van der Waals surface area (Å²) in [6, 6.07) is 0. The van der Waals surface area contributed by atoms with Crippen LogP contribution in [0.25, 0.3) is 0 Å². The van der Waals surface area contributed by atoms with E-state index >= 15 is 0 Å². The lowest BCUT2D eigenvalue weighted by Crippen LogP contribution is -2.54. The molecule has 0 radical (unpaired) electrons. The molecular formula is C7H11ClF4N2O. The zero-order valence-electron chi connectivity index (χ0n) is 7.68. The molecule has 3 nitrogen and oxygen atoms in total. The van der Waals surface area contributed by atoms with Gasteiger partial charge in [-0.15, -0.1) is 12.4 Å². The fourth-order valence-corrected chi connectivity index (χ4v) is 1.17. The minimum atomic E-state index is -4.56. The molecule has 0 bridgehead atoms. The Hall–Kier alpha value is -0.560. The van der Waals surface area contributed by atoms with Crippen LogP contribution >= 0.6 is 12.4 Å². The number of halogens is 5. The molecule has 8 heteroatoms. The Bertz CT molecular complexity index is 221. The molecule has 0 aromatic carbocycles. The van der Waals surface area contributed by atoms with E-state index < -0.39 is 18.3 Å². The number of piperazine rings is 1. The second-order valence-corrected chi connectivity index (χ2v) is 2.97. The number of rotatable bonds is 2. The molecule has 90 valence electrons. The van der Waals surface area contributed by atoms with Crippen molar-refractivity contribution in [2.45, 2.75) is 12.3 Å². The number of hydrogen-bond acceptors (Lipinski definition) is 2. The second kappa shape index (κ2) is 5.50. The SMILES string of the molecule is Cl.O=C(N1CCNCC1)C(F)(F)C(F)F. The summed E-state index contributed by atoms with van der Waals surface area (Å²) in [5.41, 5.74) is 0. The van der Waals surface area contributed by atoms with Gasteiger partial charge in [0.2, 0.25) is 0 Å². The predicted molar refractivity (Wildman–Crippen MR) is 47.6 cm³/mol. The average Bonchev–Trinajstić information content (AvgIpc) is 2.17. The van der Waals surface area contributed by atoms with E-state index in [1.54, 1.807) is 0 Å². The topological polar surface area (TPSA) is 32.3 Å². The third-order valence-corrected chi connectivity index (χ3v) is 1.96. The Labute approximate surface area is 90.2 Å². The quantitative estimate of drug-likeness (QED) is 0.734. The molecule has 0 saturated carbocycles. The summed E-state index contributed by atoms with van der Waals surface area (Å²) in [5.74, 6) is -6.34. The fraction of sp³-hybridized carbons (Fsp3) is 0.857. The zero-order chi connectivity index (χ0) is 10.8. The highest BCUT2D eigenvalue weighted by atomic mass is 35.5. The van der Waals surface area contributed by atoms with E-state index in [1.807, 2.05) is 0 Å². The summed E-state index contributed by atoms with van der Waals surface area (Å²) in [7, 11) is 0. The molecule has 1 aliphatic rings. The number of amides is 1. The maximum atomic E-state index is 12.6. The van der Waals surface area contributed by atoms with Gasteiger partial charge in [0.25, 0.3) is 5.91 Å². The van der Waals surface area contributed by atoms with Gasteiger partial charge < -0.3 is 10.2 Å². The van der Waals surface area contributed by atoms with Gasteiger partial charge >= 0.3 is 12.3 Å². The zero-order valence-corrected chi connectivity index (χ0v) is 8.50. The molecule has 0 aromatic rings. The van der Waals surface area contributed by atoms with Gasteiger partial charge in [0, 0.05) is 26.2 Å². The normalized spacial score (nSPS) is 17.5. The molecule has 0 unspecified atom stereocenters. The standard InChI is InChI=1S/C7H10F4N2O.ClH/c8-5(9)7(10,11)6(14)13-3-1-12-2-4-13;/h5,12H,1-4H2;1H. The molecular weight excluding hydrogens is 240 g/mol. The lowest BCUT2D eigenvalue weighted by Gasteiger charge is -2.30. The molecule has 1 N–H and O–H groups in total. The van der Waals surface area contributed by atoms with Crippen LogP contribution in [0.4, 0.5) is 17.6 Å². The summed E-state index contributed by atoms with van der Waals surface area (Å²) in [4.78, 5) is 11.7. The van der Waals surface area contributed by atoms with Crippen molar-refractivity contribution in [3.05, 3.63) is 0 Å². The van der Waals surface area contributed by atoms with E-state index in [9.17, 15) is 22.4 Å². The third-order valence-electron chi connectivity index (χ3n) is 1.96. The number of carbonyl (C=O) groups is 1. The first kappa shape index (κ1) is 14.4. The first-order chi connectivity index (χ1) is 6.46. The number of hydrogen-bond donors (Lipinski definition) is 1. The summed E-state index contributed by atoms with van der Waals surface area (Å²) in [6.07, 6.45) is -3.94. The van der Waals surface area contributed by atoms with Gasteiger partial charge in [0.15, 0.2) is 0 Å². The minimum Gasteiger partial charge on any atom is -0.335 e. The minimum absolute atomic E-state index is 0. The predicted octanol–water partition coefficient (Wildman–Crippen LogP) is 0.740. The van der Waals surface area contributed by atoms with Crippen LogP contribution in [0, 0.1) is 0 Å². The van der Waals surface area contributed by atoms with Crippen molar-refractivity contribution in [1.29, 1.82) is 0 Å². The molecule has 0 spiro atoms. The summed E-state index contributed by atoms with van der Waals surface area (Å²) in [6.45, 7) is 0.790. The van der Waals surface area contributed by atoms with Crippen molar-refractivity contribution in [3.8, 4) is 0 Å². The highest BCUT2D eigenvalue weighted by molar-refractivity contribution is 5.85. The van der Waals surface area contributed by atoms with Crippen LogP contribution in [-0.4, -0.2) is 49.3 Å². The largest absolute Gasteiger partial charge is 0.383 e. The van der Waals surface area contributed by atoms with Gasteiger partial charge in [0.1, 0.15) is 0 Å². The van der Waals surface area contributed by atoms with E-state index in [4.69, 9.17) is 0 Å². The van der Waals surface area contributed by atoms with Gasteiger partial charge in [-0.3, -0.25) is 4.79 Å². The van der Waals surface area contributed by atoms with Crippen molar-refractivity contribution >= 4 is 18.3 Å². The van der Waals surface area contributed by atoms with E-state index in [1.165, 1.54) is 0 Å². The average molecular weight is 251 g/mol. The van der Waals surface area contributed by atoms with Crippen LogP contribution in [-0.2, 0) is 4.79 Å². The molecule has 1 rings (SSSR count). The van der Waals surface area contributed by atoms with Crippen molar-refractivity contribution in [2.24, 2.45) is 0 Å². The Balaban J connectivity index is 0.00000196. The lowest BCUT2D eigenvalue weighted by molar-refractivity contribution is -0.181. The Morgan fingerprint density at radius 3 is 2.13 bits per heavy atom. The number of nitrogens with one attached hydrogen (secondary N) is 1. The van der Waals surface area contributed by atoms with Crippen molar-refractivity contribution in [3.63, 3.8) is 0 Å². The van der Waals surface area contributed by atoms with E-state index in [2.05, 4.69) is 5.32 Å². The van der Waals surface area contributed by atoms with Gasteiger partial charge in [-0.05, 0) is 0 Å². The summed E-state index contributed by atoms with van der Waals surface area (Å²) >= 11 is 0. The number of alkyl halides is 4. The molecule has 0 aliphatic carbocycles. The molecule has 1 heterocycles. The lowest BCUT2D eigenvalue weighted by atomic mass is 10.2. The van der Waals surface area contributed by atoms with Crippen LogP contribution in [0.5, 0.6) is 0 Å². The fourth-order valence-electron chi connectivity index (χ4n) is 1.17. The highest BCUT2D eigenvalue weighted by Crippen LogP contribution is 2.25. The third kappa shape index (κ3) is 3.20. The van der Waals surface area contributed by atoms with Crippen LogP contribution in [0.3, 0.4) is 0 Å². The Morgan fingerprint density at radius 1 is 1.27 bits per heavy atom. The van der Waals surface area contributed by atoms with Crippen molar-refractivity contribution in [2.75, 3.05) is 26.2 Å². The molecule has 1 amide bonds. The van der Waals surface area contributed by atoms with Crippen LogP contribution in [0.1, 0.15) is 0 Å². The van der Waals surface area contributed by atoms with Crippen LogP contribution < -0.4 is 5.32 Å². The molecule has 0 aromatic heterocycles.